The van der Waals surface area contributed by atoms with Crippen molar-refractivity contribution in [2.24, 2.45) is 5.92 Å². The Morgan fingerprint density at radius 1 is 1.26 bits per heavy atom. The van der Waals surface area contributed by atoms with E-state index in [0.717, 1.165) is 24.8 Å². The molecule has 1 aromatic carbocycles. The number of aromatic nitrogens is 1. The third-order valence-corrected chi connectivity index (χ3v) is 4.25. The number of H-pyrrole nitrogens is 1. The van der Waals surface area contributed by atoms with Crippen molar-refractivity contribution in [1.29, 1.82) is 0 Å². The summed E-state index contributed by atoms with van der Waals surface area (Å²) in [6.07, 6.45) is 5.93. The number of rotatable bonds is 3. The van der Waals surface area contributed by atoms with E-state index in [-0.39, 0.29) is 0 Å². The summed E-state index contributed by atoms with van der Waals surface area (Å²) in [4.78, 5) is 3.43. The Kier molecular flexibility index (Phi) is 3.47. The van der Waals surface area contributed by atoms with Gasteiger partial charge in [-0.1, -0.05) is 0 Å². The minimum Gasteiger partial charge on any atom is -0.497 e. The highest BCUT2D eigenvalue weighted by Crippen LogP contribution is 2.29. The fourth-order valence-electron chi connectivity index (χ4n) is 3.12. The molecule has 0 saturated carbocycles. The monoisotopic (exact) mass is 258 g/mol. The molecule has 3 nitrogen and oxygen atoms in total. The first-order valence-electron chi connectivity index (χ1n) is 7.13. The van der Waals surface area contributed by atoms with Gasteiger partial charge in [-0.15, -0.1) is 0 Å². The van der Waals surface area contributed by atoms with Gasteiger partial charge in [-0.3, -0.25) is 0 Å². The van der Waals surface area contributed by atoms with Gasteiger partial charge in [0.2, 0.25) is 0 Å². The average molecular weight is 258 g/mol. The lowest BCUT2D eigenvalue weighted by molar-refractivity contribution is 0.373. The summed E-state index contributed by atoms with van der Waals surface area (Å²) in [6.45, 7) is 4.46. The molecule has 0 bridgehead atoms. The Morgan fingerprint density at radius 3 is 2.79 bits per heavy atom. The van der Waals surface area contributed by atoms with Crippen molar-refractivity contribution in [1.82, 2.24) is 10.3 Å². The second kappa shape index (κ2) is 5.25. The number of aromatic amines is 1. The smallest absolute Gasteiger partial charge is 0.119 e. The largest absolute Gasteiger partial charge is 0.497 e. The number of methoxy groups -OCH3 is 1. The first-order valence-corrected chi connectivity index (χ1v) is 7.13. The summed E-state index contributed by atoms with van der Waals surface area (Å²) in [6, 6.07) is 4.25. The number of nitrogens with one attached hydrogen (secondary N) is 2. The fourth-order valence-corrected chi connectivity index (χ4v) is 3.12. The van der Waals surface area contributed by atoms with E-state index in [9.17, 15) is 0 Å². The SMILES string of the molecule is COc1cc(C)c2[nH]cc(CC3CCNCC3)c2c1. The molecule has 2 N–H and O–H groups in total. The van der Waals surface area contributed by atoms with Gasteiger partial charge in [0.05, 0.1) is 7.11 Å². The molecule has 102 valence electrons. The molecule has 0 unspecified atom stereocenters. The molecule has 19 heavy (non-hydrogen) atoms. The first-order chi connectivity index (χ1) is 9.28. The van der Waals surface area contributed by atoms with Crippen LogP contribution in [0.15, 0.2) is 18.3 Å². The predicted octanol–water partition coefficient (Wildman–Crippen LogP) is 3.03. The third-order valence-electron chi connectivity index (χ3n) is 4.25. The molecule has 1 saturated heterocycles. The molecule has 0 spiro atoms. The lowest BCUT2D eigenvalue weighted by Gasteiger charge is -2.22. The lowest BCUT2D eigenvalue weighted by Crippen LogP contribution is -2.28. The van der Waals surface area contributed by atoms with Gasteiger partial charge >= 0.3 is 0 Å². The van der Waals surface area contributed by atoms with E-state index in [1.807, 2.05) is 0 Å². The van der Waals surface area contributed by atoms with Gasteiger partial charge in [0.25, 0.3) is 0 Å². The van der Waals surface area contributed by atoms with Crippen LogP contribution in [-0.4, -0.2) is 25.2 Å². The van der Waals surface area contributed by atoms with Gasteiger partial charge in [0.15, 0.2) is 0 Å². The third kappa shape index (κ3) is 2.47. The number of hydrogen-bond donors (Lipinski definition) is 2. The standard InChI is InChI=1S/C16H22N2O/c1-11-7-14(19-2)9-15-13(10-18-16(11)15)8-12-3-5-17-6-4-12/h7,9-10,12,17-18H,3-6,8H2,1-2H3. The maximum Gasteiger partial charge on any atom is 0.119 e. The quantitative estimate of drug-likeness (QED) is 0.888. The molecule has 0 aliphatic carbocycles. The normalized spacial score (nSPS) is 16.9. The number of benzene rings is 1. The lowest BCUT2D eigenvalue weighted by atomic mass is 9.90. The van der Waals surface area contributed by atoms with Crippen LogP contribution in [-0.2, 0) is 6.42 Å². The van der Waals surface area contributed by atoms with Crippen LogP contribution in [0, 0.1) is 12.8 Å². The molecular weight excluding hydrogens is 236 g/mol. The maximum atomic E-state index is 5.39. The molecule has 1 aliphatic rings. The molecule has 0 atom stereocenters. The van der Waals surface area contributed by atoms with Crippen molar-refractivity contribution in [2.75, 3.05) is 20.2 Å². The second-order valence-corrected chi connectivity index (χ2v) is 5.58. The van der Waals surface area contributed by atoms with E-state index in [1.54, 1.807) is 7.11 Å². The molecule has 1 aliphatic heterocycles. The van der Waals surface area contributed by atoms with Gasteiger partial charge in [-0.2, -0.15) is 0 Å². The van der Waals surface area contributed by atoms with Crippen LogP contribution in [0.3, 0.4) is 0 Å². The molecule has 2 aromatic rings. The van der Waals surface area contributed by atoms with Crippen molar-refractivity contribution in [3.8, 4) is 5.75 Å². The molecular formula is C16H22N2O. The average Bonchev–Trinajstić information content (AvgIpc) is 2.83. The van der Waals surface area contributed by atoms with Gasteiger partial charge in [0.1, 0.15) is 5.75 Å². The van der Waals surface area contributed by atoms with Gasteiger partial charge in [0, 0.05) is 17.1 Å². The molecule has 1 aromatic heterocycles. The topological polar surface area (TPSA) is 37.0 Å². The van der Waals surface area contributed by atoms with Gasteiger partial charge in [-0.25, -0.2) is 0 Å². The summed E-state index contributed by atoms with van der Waals surface area (Å²) >= 11 is 0. The molecule has 2 heterocycles. The highest BCUT2D eigenvalue weighted by atomic mass is 16.5. The van der Waals surface area contributed by atoms with E-state index >= 15 is 0 Å². The van der Waals surface area contributed by atoms with Gasteiger partial charge in [-0.05, 0) is 68.5 Å². The summed E-state index contributed by atoms with van der Waals surface area (Å²) in [7, 11) is 1.74. The Bertz CT molecular complexity index is 567. The number of piperidine rings is 1. The summed E-state index contributed by atoms with van der Waals surface area (Å²) in [5, 5.41) is 4.76. The predicted molar refractivity (Wildman–Crippen MR) is 78.9 cm³/mol. The summed E-state index contributed by atoms with van der Waals surface area (Å²) < 4.78 is 5.39. The van der Waals surface area contributed by atoms with Crippen molar-refractivity contribution in [2.45, 2.75) is 26.2 Å². The van der Waals surface area contributed by atoms with Crippen LogP contribution in [0.5, 0.6) is 5.75 Å². The number of aryl methyl sites for hydroxylation is 1. The number of ether oxygens (including phenoxy) is 1. The molecule has 0 amide bonds. The van der Waals surface area contributed by atoms with E-state index < -0.39 is 0 Å². The Hall–Kier alpha value is -1.48. The first kappa shape index (κ1) is 12.5. The molecule has 3 rings (SSSR count). The highest BCUT2D eigenvalue weighted by Gasteiger charge is 2.16. The zero-order valence-electron chi connectivity index (χ0n) is 11.8. The molecule has 1 fully saturated rings. The van der Waals surface area contributed by atoms with E-state index in [1.165, 1.54) is 41.3 Å². The zero-order chi connectivity index (χ0) is 13.2. The zero-order valence-corrected chi connectivity index (χ0v) is 11.8. The van der Waals surface area contributed by atoms with Crippen LogP contribution < -0.4 is 10.1 Å². The van der Waals surface area contributed by atoms with Crippen LogP contribution in [0.2, 0.25) is 0 Å². The minimum atomic E-state index is 0.812. The summed E-state index contributed by atoms with van der Waals surface area (Å²) in [5.41, 5.74) is 3.94. The van der Waals surface area contributed by atoms with Crippen molar-refractivity contribution in [3.63, 3.8) is 0 Å². The Balaban J connectivity index is 1.92. The van der Waals surface area contributed by atoms with E-state index in [2.05, 4.69) is 35.6 Å². The molecule has 0 radical (unpaired) electrons. The van der Waals surface area contributed by atoms with Crippen molar-refractivity contribution in [3.05, 3.63) is 29.5 Å². The second-order valence-electron chi connectivity index (χ2n) is 5.58. The number of hydrogen-bond acceptors (Lipinski definition) is 2. The minimum absolute atomic E-state index is 0.812. The Morgan fingerprint density at radius 2 is 2.05 bits per heavy atom. The van der Waals surface area contributed by atoms with E-state index in [0.29, 0.717) is 0 Å². The van der Waals surface area contributed by atoms with Crippen LogP contribution in [0.4, 0.5) is 0 Å². The van der Waals surface area contributed by atoms with Crippen molar-refractivity contribution >= 4 is 10.9 Å². The van der Waals surface area contributed by atoms with Crippen LogP contribution in [0.1, 0.15) is 24.0 Å². The van der Waals surface area contributed by atoms with Crippen LogP contribution in [0.25, 0.3) is 10.9 Å². The molecule has 3 heteroatoms. The van der Waals surface area contributed by atoms with Crippen molar-refractivity contribution < 1.29 is 4.74 Å². The fraction of sp³-hybridized carbons (Fsp3) is 0.500. The van der Waals surface area contributed by atoms with Crippen LogP contribution >= 0.6 is 0 Å². The highest BCUT2D eigenvalue weighted by molar-refractivity contribution is 5.87. The van der Waals surface area contributed by atoms with Gasteiger partial charge < -0.3 is 15.0 Å². The summed E-state index contributed by atoms with van der Waals surface area (Å²) in [5.74, 6) is 1.77. The number of fused-ring (bicyclic) bond motifs is 1. The van der Waals surface area contributed by atoms with E-state index in [4.69, 9.17) is 4.74 Å². The Labute approximate surface area is 114 Å². The maximum absolute atomic E-state index is 5.39.